The van der Waals surface area contributed by atoms with Crippen LogP contribution >= 0.6 is 24.4 Å². The molecule has 2 aromatic rings. The summed E-state index contributed by atoms with van der Waals surface area (Å²) in [5, 5.41) is 90.1. The molecule has 2 aliphatic heterocycles. The second-order valence-corrected chi connectivity index (χ2v) is 23.0. The summed E-state index contributed by atoms with van der Waals surface area (Å²) >= 11 is 10.8. The molecule has 518 valence electrons. The number of hydrogen-bond acceptors (Lipinski definition) is 19. The summed E-state index contributed by atoms with van der Waals surface area (Å²) in [4.78, 5) is 116. The molecule has 0 aliphatic carbocycles. The van der Waals surface area contributed by atoms with Gasteiger partial charge in [-0.05, 0) is 92.4 Å². The first kappa shape index (κ1) is 82.9. The number of hydrogen-bond donors (Lipinski definition) is 12. The lowest BCUT2D eigenvalue weighted by molar-refractivity contribution is -0.142. The first-order valence-electron chi connectivity index (χ1n) is 30.5. The first-order valence-corrected chi connectivity index (χ1v) is 31.4. The number of carbonyl (C=O) groups excluding carboxylic acids is 1. The second-order valence-electron chi connectivity index (χ2n) is 22.2. The van der Waals surface area contributed by atoms with Crippen LogP contribution in [0.15, 0.2) is 48.5 Å². The van der Waals surface area contributed by atoms with E-state index in [4.69, 9.17) is 29.2 Å². The van der Waals surface area contributed by atoms with Crippen LogP contribution in [-0.2, 0) is 56.0 Å². The zero-order valence-corrected chi connectivity index (χ0v) is 54.3. The van der Waals surface area contributed by atoms with E-state index in [0.717, 1.165) is 80.4 Å². The van der Waals surface area contributed by atoms with Gasteiger partial charge in [0.1, 0.15) is 6.29 Å². The molecule has 2 saturated heterocycles. The van der Waals surface area contributed by atoms with E-state index in [1.54, 1.807) is 39.2 Å². The summed E-state index contributed by atoms with van der Waals surface area (Å²) in [6, 6.07) is 14.3. The predicted octanol–water partition coefficient (Wildman–Crippen LogP) is 2.11. The van der Waals surface area contributed by atoms with Crippen LogP contribution in [0, 0.1) is 0 Å². The van der Waals surface area contributed by atoms with Crippen molar-refractivity contribution in [2.24, 2.45) is 0 Å². The fraction of sp³-hybridized carbons (Fsp3) is 0.623. The van der Waals surface area contributed by atoms with Crippen LogP contribution in [-0.4, -0.2) is 313 Å². The number of aldehydes is 1. The number of anilines is 2. The van der Waals surface area contributed by atoms with Gasteiger partial charge >= 0.3 is 47.8 Å². The van der Waals surface area contributed by atoms with Crippen LogP contribution in [0.2, 0.25) is 0 Å². The molecule has 2 atom stereocenters. The molecule has 31 heteroatoms. The summed E-state index contributed by atoms with van der Waals surface area (Å²) < 4.78 is 0. The van der Waals surface area contributed by atoms with Crippen molar-refractivity contribution in [3.63, 3.8) is 0 Å². The molecule has 2 heterocycles. The lowest BCUT2D eigenvalue weighted by atomic mass is 10.0. The number of carboxylic acids is 8. The smallest absolute Gasteiger partial charge is 0.317 e. The van der Waals surface area contributed by atoms with Gasteiger partial charge in [-0.25, -0.2) is 0 Å². The second kappa shape index (κ2) is 47.8. The van der Waals surface area contributed by atoms with Crippen molar-refractivity contribution in [2.45, 2.75) is 91.6 Å². The molecule has 2 aromatic carbocycles. The fourth-order valence-electron chi connectivity index (χ4n) is 10.2. The molecule has 0 saturated carbocycles. The topological polar surface area (TPSA) is 390 Å². The average Bonchev–Trinajstić information content (AvgIpc) is 0.996. The third-order valence-corrected chi connectivity index (χ3v) is 15.1. The molecule has 2 aliphatic rings. The number of benzene rings is 2. The monoisotopic (exact) mass is 1340 g/mol. The van der Waals surface area contributed by atoms with Gasteiger partial charge in [-0.3, -0.25) is 77.6 Å². The molecule has 29 nitrogen and oxygen atoms in total. The first-order chi connectivity index (χ1) is 43.3. The molecule has 0 spiro atoms. The molecule has 0 bridgehead atoms. The molecule has 2 fully saturated rings. The van der Waals surface area contributed by atoms with Crippen molar-refractivity contribution in [3.8, 4) is 0 Å². The number of carbonyl (C=O) groups is 9. The number of aliphatic carboxylic acids is 8. The van der Waals surface area contributed by atoms with E-state index >= 15 is 0 Å². The van der Waals surface area contributed by atoms with Crippen LogP contribution in [0.1, 0.15) is 77.8 Å². The Morgan fingerprint density at radius 3 is 0.902 bits per heavy atom. The van der Waals surface area contributed by atoms with Crippen molar-refractivity contribution in [3.05, 3.63) is 59.7 Å². The summed E-state index contributed by atoms with van der Waals surface area (Å²) in [7, 11) is 0. The van der Waals surface area contributed by atoms with Gasteiger partial charge in [0.25, 0.3) is 0 Å². The number of nitrogens with zero attached hydrogens (tertiary/aromatic N) is 8. The Bertz CT molecular complexity index is 2410. The van der Waals surface area contributed by atoms with Gasteiger partial charge in [0.2, 0.25) is 0 Å². The van der Waals surface area contributed by atoms with E-state index < -0.39 is 59.8 Å². The van der Waals surface area contributed by atoms with E-state index in [9.17, 15) is 79.2 Å². The van der Waals surface area contributed by atoms with Crippen LogP contribution in [0.25, 0.3) is 0 Å². The van der Waals surface area contributed by atoms with E-state index in [2.05, 4.69) is 35.1 Å². The van der Waals surface area contributed by atoms with Crippen molar-refractivity contribution in [1.29, 1.82) is 0 Å². The fourth-order valence-corrected chi connectivity index (χ4v) is 10.6. The van der Waals surface area contributed by atoms with Crippen LogP contribution in [0.4, 0.5) is 11.4 Å². The normalized spacial score (nSPS) is 17.4. The summed E-state index contributed by atoms with van der Waals surface area (Å²) in [5.74, 6) is -8.36. The Labute approximate surface area is 550 Å². The zero-order chi connectivity index (χ0) is 67.7. The van der Waals surface area contributed by atoms with E-state index in [1.165, 1.54) is 6.92 Å². The van der Waals surface area contributed by atoms with Gasteiger partial charge in [-0.15, -0.1) is 0 Å². The summed E-state index contributed by atoms with van der Waals surface area (Å²) in [5.41, 5.74) is 3.38. The lowest BCUT2D eigenvalue weighted by Crippen LogP contribution is -2.53. The number of unbranched alkanes of at least 4 members (excludes halogenated alkanes) is 4. The molecule has 12 N–H and O–H groups in total. The minimum Gasteiger partial charge on any atom is -0.480 e. The largest absolute Gasteiger partial charge is 0.480 e. The standard InChI is InChI=1S/2C29H46N6O8S.C2H4O.CH4/c2*1-2-3-4-9-30-29(44)31-23-7-5-22(6-8-23)16-24-17-34(20-27(40)41)13-12-32(18-25(36)37)10-11-33(19-26(38)39)14-15-35(24)21-28(42)43;1-2-3;/h2*5-8,24H,2-4,9-21H2,1H3,(H,36,37)(H,38,39)(H,40,41)(H,42,43)(H2,30,31,44);2H,1H3;1H4. The Balaban J connectivity index is 0.000000873. The highest BCUT2D eigenvalue weighted by Crippen LogP contribution is 2.19. The quantitative estimate of drug-likeness (QED) is 0.0303. The number of thiocarbonyl (C=S) groups is 2. The van der Waals surface area contributed by atoms with Gasteiger partial charge in [0.15, 0.2) is 10.2 Å². The molecular formula is C61H100N12O17S2. The SMILES string of the molecule is C.CC=O.CCCCCNC(=S)Nc1ccc(CC2CN(CC(=O)O)CCN(CC(=O)O)CCN(CC(=O)O)CCN2CC(=O)O)cc1.CCCCCNC(=S)Nc1ccc(CC2CN(CC(=O)O)CCN(CC(=O)O)CCN(CC(=O)O)CCN2CC(=O)O)cc1. The molecular weight excluding hydrogens is 1240 g/mol. The van der Waals surface area contributed by atoms with Crippen LogP contribution in [0.3, 0.4) is 0 Å². The Morgan fingerprint density at radius 1 is 0.413 bits per heavy atom. The van der Waals surface area contributed by atoms with Crippen molar-refractivity contribution < 1.29 is 84.0 Å². The predicted molar refractivity (Wildman–Crippen MR) is 357 cm³/mol. The molecule has 2 unspecified atom stereocenters. The van der Waals surface area contributed by atoms with Gasteiger partial charge in [0.05, 0.1) is 52.4 Å². The van der Waals surface area contributed by atoms with Crippen molar-refractivity contribution >= 4 is 100 Å². The number of nitrogens with one attached hydrogen (secondary N) is 4. The minimum absolute atomic E-state index is 0. The summed E-state index contributed by atoms with van der Waals surface area (Å²) in [6.07, 6.45) is 8.07. The third-order valence-electron chi connectivity index (χ3n) is 14.6. The molecule has 0 aromatic heterocycles. The summed E-state index contributed by atoms with van der Waals surface area (Å²) in [6.45, 7) is 8.34. The lowest BCUT2D eigenvalue weighted by Gasteiger charge is -2.37. The Hall–Kier alpha value is -7.07. The highest BCUT2D eigenvalue weighted by molar-refractivity contribution is 7.80. The number of carboxylic acid groups (broad SMARTS) is 8. The Kier molecular flexibility index (Phi) is 43.1. The van der Waals surface area contributed by atoms with Crippen LogP contribution in [0.5, 0.6) is 0 Å². The van der Waals surface area contributed by atoms with Gasteiger partial charge < -0.3 is 66.9 Å². The number of rotatable bonds is 30. The minimum atomic E-state index is -1.05. The highest BCUT2D eigenvalue weighted by atomic mass is 32.1. The molecule has 0 radical (unpaired) electrons. The zero-order valence-electron chi connectivity index (χ0n) is 52.6. The van der Waals surface area contributed by atoms with Gasteiger partial charge in [0, 0.05) is 128 Å². The van der Waals surface area contributed by atoms with Gasteiger partial charge in [-0.1, -0.05) is 71.2 Å². The van der Waals surface area contributed by atoms with E-state index in [1.807, 2.05) is 48.5 Å². The third kappa shape index (κ3) is 39.4. The highest BCUT2D eigenvalue weighted by Gasteiger charge is 2.30. The average molecular weight is 1340 g/mol. The van der Waals surface area contributed by atoms with Crippen LogP contribution < -0.4 is 21.3 Å². The van der Waals surface area contributed by atoms with E-state index in [-0.39, 0.29) is 151 Å². The Morgan fingerprint density at radius 2 is 0.652 bits per heavy atom. The maximum atomic E-state index is 11.9. The maximum Gasteiger partial charge on any atom is 0.317 e. The van der Waals surface area contributed by atoms with Crippen molar-refractivity contribution in [2.75, 3.05) is 168 Å². The van der Waals surface area contributed by atoms with Crippen molar-refractivity contribution in [1.82, 2.24) is 49.8 Å². The van der Waals surface area contributed by atoms with Gasteiger partial charge in [-0.2, -0.15) is 0 Å². The molecule has 4 rings (SSSR count). The van der Waals surface area contributed by atoms with E-state index in [0.29, 0.717) is 23.1 Å². The molecule has 92 heavy (non-hydrogen) atoms. The molecule has 0 amide bonds. The maximum absolute atomic E-state index is 11.9.